The molecule has 16 heavy (non-hydrogen) atoms. The molecule has 1 aliphatic rings. The minimum atomic E-state index is -0.116. The third kappa shape index (κ3) is 2.35. The first kappa shape index (κ1) is 11.4. The number of pyridine rings is 1. The van der Waals surface area contributed by atoms with Crippen molar-refractivity contribution in [2.45, 2.75) is 5.03 Å². The molecule has 2 heterocycles. The Kier molecular flexibility index (Phi) is 3.44. The summed E-state index contributed by atoms with van der Waals surface area (Å²) in [6.07, 6.45) is 1.63. The standard InChI is InChI=1S/C11H12N2O2S/c12-4-9-1-2-13-10(3-9)16-8-11(5-14)6-15-7-11/h1-3,14H,5-8H2. The van der Waals surface area contributed by atoms with Gasteiger partial charge in [0.05, 0.1) is 36.5 Å². The Morgan fingerprint density at radius 1 is 1.62 bits per heavy atom. The fraction of sp³-hybridized carbons (Fsp3) is 0.455. The van der Waals surface area contributed by atoms with Crippen LogP contribution < -0.4 is 0 Å². The highest BCUT2D eigenvalue weighted by Crippen LogP contribution is 2.33. The fourth-order valence-corrected chi connectivity index (χ4v) is 2.45. The van der Waals surface area contributed by atoms with Gasteiger partial charge in [-0.25, -0.2) is 4.98 Å². The van der Waals surface area contributed by atoms with Crippen LogP contribution in [0.3, 0.4) is 0 Å². The maximum atomic E-state index is 9.25. The van der Waals surface area contributed by atoms with Crippen molar-refractivity contribution in [1.82, 2.24) is 4.98 Å². The van der Waals surface area contributed by atoms with Crippen LogP contribution in [0.1, 0.15) is 5.56 Å². The summed E-state index contributed by atoms with van der Waals surface area (Å²) in [7, 11) is 0. The number of hydrogen-bond donors (Lipinski definition) is 1. The molecule has 1 aromatic rings. The lowest BCUT2D eigenvalue weighted by Gasteiger charge is -2.39. The Labute approximate surface area is 98.3 Å². The van der Waals surface area contributed by atoms with Gasteiger partial charge in [-0.15, -0.1) is 11.8 Å². The smallest absolute Gasteiger partial charge is 0.0993 e. The van der Waals surface area contributed by atoms with Gasteiger partial charge >= 0.3 is 0 Å². The highest BCUT2D eigenvalue weighted by molar-refractivity contribution is 7.99. The Morgan fingerprint density at radius 3 is 3.00 bits per heavy atom. The second-order valence-corrected chi connectivity index (χ2v) is 4.93. The van der Waals surface area contributed by atoms with E-state index in [4.69, 9.17) is 10.00 Å². The molecule has 1 N–H and O–H groups in total. The summed E-state index contributed by atoms with van der Waals surface area (Å²) < 4.78 is 5.12. The molecule has 1 aliphatic heterocycles. The van der Waals surface area contributed by atoms with Crippen molar-refractivity contribution in [3.05, 3.63) is 23.9 Å². The van der Waals surface area contributed by atoms with Gasteiger partial charge < -0.3 is 9.84 Å². The predicted octanol–water partition coefficient (Wildman–Crippen LogP) is 1.05. The molecule has 84 valence electrons. The molecule has 0 atom stereocenters. The van der Waals surface area contributed by atoms with E-state index in [1.165, 1.54) is 0 Å². The topological polar surface area (TPSA) is 66.1 Å². The van der Waals surface area contributed by atoms with Gasteiger partial charge in [-0.05, 0) is 12.1 Å². The molecule has 5 heteroatoms. The molecule has 2 rings (SSSR count). The SMILES string of the molecule is N#Cc1ccnc(SCC2(CO)COC2)c1. The maximum Gasteiger partial charge on any atom is 0.0993 e. The van der Waals surface area contributed by atoms with Crippen LogP contribution in [0.5, 0.6) is 0 Å². The molecule has 0 saturated carbocycles. The van der Waals surface area contributed by atoms with Crippen LogP contribution >= 0.6 is 11.8 Å². The van der Waals surface area contributed by atoms with Crippen molar-refractivity contribution < 1.29 is 9.84 Å². The van der Waals surface area contributed by atoms with Crippen LogP contribution in [-0.4, -0.2) is 35.7 Å². The van der Waals surface area contributed by atoms with Gasteiger partial charge in [0.15, 0.2) is 0 Å². The third-order valence-electron chi connectivity index (χ3n) is 2.54. The number of aliphatic hydroxyl groups is 1. The molecule has 4 nitrogen and oxygen atoms in total. The van der Waals surface area contributed by atoms with Gasteiger partial charge in [-0.2, -0.15) is 5.26 Å². The summed E-state index contributed by atoms with van der Waals surface area (Å²) in [5, 5.41) is 18.8. The molecule has 1 saturated heterocycles. The first-order valence-corrected chi connectivity index (χ1v) is 5.94. The van der Waals surface area contributed by atoms with E-state index in [0.717, 1.165) is 10.8 Å². The largest absolute Gasteiger partial charge is 0.396 e. The minimum Gasteiger partial charge on any atom is -0.396 e. The van der Waals surface area contributed by atoms with Gasteiger partial charge in [0, 0.05) is 17.4 Å². The highest BCUT2D eigenvalue weighted by atomic mass is 32.2. The molecule has 0 bridgehead atoms. The molecule has 0 aliphatic carbocycles. The van der Waals surface area contributed by atoms with Gasteiger partial charge in [0.1, 0.15) is 0 Å². The quantitative estimate of drug-likeness (QED) is 0.792. The van der Waals surface area contributed by atoms with Crippen LogP contribution in [0, 0.1) is 16.7 Å². The highest BCUT2D eigenvalue weighted by Gasteiger charge is 2.38. The number of aliphatic hydroxyl groups excluding tert-OH is 1. The van der Waals surface area contributed by atoms with Crippen LogP contribution in [0.15, 0.2) is 23.4 Å². The average molecular weight is 236 g/mol. The van der Waals surface area contributed by atoms with Crippen molar-refractivity contribution >= 4 is 11.8 Å². The summed E-state index contributed by atoms with van der Waals surface area (Å²) in [6.45, 7) is 1.35. The number of aromatic nitrogens is 1. The van der Waals surface area contributed by atoms with Crippen LogP contribution in [0.4, 0.5) is 0 Å². The van der Waals surface area contributed by atoms with Gasteiger partial charge in [-0.1, -0.05) is 0 Å². The first-order valence-electron chi connectivity index (χ1n) is 4.96. The first-order chi connectivity index (χ1) is 7.78. The second kappa shape index (κ2) is 4.83. The lowest BCUT2D eigenvalue weighted by atomic mass is 9.90. The molecular formula is C11H12N2O2S. The Bertz CT molecular complexity index is 407. The molecule has 0 spiro atoms. The zero-order valence-electron chi connectivity index (χ0n) is 8.72. The maximum absolute atomic E-state index is 9.25. The van der Waals surface area contributed by atoms with Crippen molar-refractivity contribution in [1.29, 1.82) is 5.26 Å². The summed E-state index contributed by atoms with van der Waals surface area (Å²) in [5.74, 6) is 0.769. The van der Waals surface area contributed by atoms with Gasteiger partial charge in [-0.3, -0.25) is 0 Å². The van der Waals surface area contributed by atoms with Crippen LogP contribution in [0.25, 0.3) is 0 Å². The number of ether oxygens (including phenoxy) is 1. The van der Waals surface area contributed by atoms with Crippen molar-refractivity contribution in [3.8, 4) is 6.07 Å². The summed E-state index contributed by atoms with van der Waals surface area (Å²) in [5.41, 5.74) is 0.495. The minimum absolute atomic E-state index is 0.116. The Morgan fingerprint density at radius 2 is 2.44 bits per heavy atom. The van der Waals surface area contributed by atoms with E-state index in [-0.39, 0.29) is 12.0 Å². The molecule has 1 aromatic heterocycles. The van der Waals surface area contributed by atoms with Crippen LogP contribution in [0.2, 0.25) is 0 Å². The van der Waals surface area contributed by atoms with Crippen molar-refractivity contribution in [2.24, 2.45) is 5.41 Å². The number of thioether (sulfide) groups is 1. The summed E-state index contributed by atoms with van der Waals surface area (Å²) in [6, 6.07) is 5.52. The lowest BCUT2D eigenvalue weighted by molar-refractivity contribution is -0.121. The zero-order chi connectivity index (χ0) is 11.4. The van der Waals surface area contributed by atoms with Gasteiger partial charge in [0.2, 0.25) is 0 Å². The number of nitrogens with zero attached hydrogens (tertiary/aromatic N) is 2. The van der Waals surface area contributed by atoms with E-state index < -0.39 is 0 Å². The van der Waals surface area contributed by atoms with Crippen molar-refractivity contribution in [2.75, 3.05) is 25.6 Å². The van der Waals surface area contributed by atoms with Crippen LogP contribution in [-0.2, 0) is 4.74 Å². The molecular weight excluding hydrogens is 224 g/mol. The summed E-state index contributed by atoms with van der Waals surface area (Å²) >= 11 is 1.56. The average Bonchev–Trinajstić information content (AvgIpc) is 2.29. The van der Waals surface area contributed by atoms with Crippen molar-refractivity contribution in [3.63, 3.8) is 0 Å². The number of hydrogen-bond acceptors (Lipinski definition) is 5. The third-order valence-corrected chi connectivity index (χ3v) is 3.82. The molecule has 1 fully saturated rings. The number of nitriles is 1. The van der Waals surface area contributed by atoms with E-state index in [1.807, 2.05) is 0 Å². The normalized spacial score (nSPS) is 17.5. The molecule has 0 radical (unpaired) electrons. The lowest BCUT2D eigenvalue weighted by Crippen LogP contribution is -2.47. The molecule has 0 amide bonds. The Hall–Kier alpha value is -1.09. The molecule has 0 unspecified atom stereocenters. The van der Waals surface area contributed by atoms with E-state index in [2.05, 4.69) is 11.1 Å². The second-order valence-electron chi connectivity index (χ2n) is 3.93. The van der Waals surface area contributed by atoms with E-state index >= 15 is 0 Å². The molecule has 0 aromatic carbocycles. The Balaban J connectivity index is 1.96. The number of rotatable bonds is 4. The van der Waals surface area contributed by atoms with E-state index in [1.54, 1.807) is 30.1 Å². The predicted molar refractivity (Wildman–Crippen MR) is 60.0 cm³/mol. The summed E-state index contributed by atoms with van der Waals surface area (Å²) in [4.78, 5) is 4.17. The monoisotopic (exact) mass is 236 g/mol. The fourth-order valence-electron chi connectivity index (χ4n) is 1.40. The zero-order valence-corrected chi connectivity index (χ0v) is 9.54. The van der Waals surface area contributed by atoms with Gasteiger partial charge in [0.25, 0.3) is 0 Å². The van der Waals surface area contributed by atoms with E-state index in [0.29, 0.717) is 18.8 Å². The van der Waals surface area contributed by atoms with E-state index in [9.17, 15) is 5.11 Å².